The van der Waals surface area contributed by atoms with Crippen molar-refractivity contribution in [2.24, 2.45) is 5.92 Å². The van der Waals surface area contributed by atoms with E-state index in [1.165, 1.54) is 0 Å². The van der Waals surface area contributed by atoms with Gasteiger partial charge in [0.15, 0.2) is 0 Å². The summed E-state index contributed by atoms with van der Waals surface area (Å²) in [5.41, 5.74) is 1.63. The highest BCUT2D eigenvalue weighted by Crippen LogP contribution is 2.25. The first-order valence-corrected chi connectivity index (χ1v) is 8.81. The van der Waals surface area contributed by atoms with E-state index in [0.717, 1.165) is 56.7 Å². The van der Waals surface area contributed by atoms with E-state index >= 15 is 0 Å². The summed E-state index contributed by atoms with van der Waals surface area (Å²) in [6, 6.07) is 4.13. The molecule has 0 bridgehead atoms. The van der Waals surface area contributed by atoms with Crippen molar-refractivity contribution in [1.29, 1.82) is 5.26 Å². The molecular formula is C18H25N5O. The van der Waals surface area contributed by atoms with E-state index in [-0.39, 0.29) is 11.9 Å². The number of nitrogens with zero attached hydrogens (tertiary/aromatic N) is 3. The third kappa shape index (κ3) is 3.68. The Morgan fingerprint density at radius 2 is 2.38 bits per heavy atom. The Hall–Kier alpha value is -2.13. The molecule has 2 atom stereocenters. The van der Waals surface area contributed by atoms with E-state index in [2.05, 4.69) is 26.6 Å². The number of anilines is 1. The monoisotopic (exact) mass is 327 g/mol. The van der Waals surface area contributed by atoms with Gasteiger partial charge in [-0.2, -0.15) is 5.26 Å². The van der Waals surface area contributed by atoms with Crippen LogP contribution in [-0.4, -0.2) is 43.1 Å². The molecule has 0 radical (unpaired) electrons. The smallest absolute Gasteiger partial charge is 0.237 e. The van der Waals surface area contributed by atoms with Crippen molar-refractivity contribution in [3.63, 3.8) is 0 Å². The highest BCUT2D eigenvalue weighted by atomic mass is 16.2. The van der Waals surface area contributed by atoms with Gasteiger partial charge in [0.05, 0.1) is 11.6 Å². The maximum atomic E-state index is 12.1. The molecule has 0 spiro atoms. The van der Waals surface area contributed by atoms with Gasteiger partial charge in [0.2, 0.25) is 5.91 Å². The molecule has 2 unspecified atom stereocenters. The van der Waals surface area contributed by atoms with Gasteiger partial charge in [0.1, 0.15) is 11.9 Å². The fourth-order valence-corrected chi connectivity index (χ4v) is 3.62. The van der Waals surface area contributed by atoms with Gasteiger partial charge in [-0.25, -0.2) is 4.98 Å². The number of carbonyl (C=O) groups is 1. The summed E-state index contributed by atoms with van der Waals surface area (Å²) in [5, 5.41) is 15.7. The molecule has 3 rings (SSSR count). The lowest BCUT2D eigenvalue weighted by Gasteiger charge is -2.34. The van der Waals surface area contributed by atoms with Crippen LogP contribution in [0.25, 0.3) is 0 Å². The number of nitriles is 1. The number of hydrogen-bond acceptors (Lipinski definition) is 5. The van der Waals surface area contributed by atoms with Gasteiger partial charge in [-0.05, 0) is 56.7 Å². The summed E-state index contributed by atoms with van der Waals surface area (Å²) in [6.45, 7) is 5.33. The summed E-state index contributed by atoms with van der Waals surface area (Å²) >= 11 is 0. The zero-order chi connectivity index (χ0) is 16.9. The number of pyridine rings is 1. The summed E-state index contributed by atoms with van der Waals surface area (Å²) in [5.74, 6) is 1.31. The van der Waals surface area contributed by atoms with Crippen molar-refractivity contribution in [3.05, 3.63) is 23.4 Å². The Morgan fingerprint density at radius 1 is 1.50 bits per heavy atom. The van der Waals surface area contributed by atoms with Crippen LogP contribution in [0.3, 0.4) is 0 Å². The standard InChI is InChI=1S/C18H25N5O/c1-13-6-8-21-17(15(13)10-19)23-9-3-4-14(12-23)11-22-18(24)16-5-2-7-20-16/h6,8,14,16,20H,2-5,7,9,11-12H2,1H3,(H,22,24). The Kier molecular flexibility index (Phi) is 5.31. The number of aryl methyl sites for hydroxylation is 1. The van der Waals surface area contributed by atoms with E-state index < -0.39 is 0 Å². The zero-order valence-corrected chi connectivity index (χ0v) is 14.2. The van der Waals surface area contributed by atoms with Crippen molar-refractivity contribution >= 4 is 11.7 Å². The van der Waals surface area contributed by atoms with Gasteiger partial charge < -0.3 is 15.5 Å². The topological polar surface area (TPSA) is 81.1 Å². The molecule has 3 heterocycles. The van der Waals surface area contributed by atoms with Crippen LogP contribution in [0.5, 0.6) is 0 Å². The van der Waals surface area contributed by atoms with E-state index in [1.807, 2.05) is 13.0 Å². The summed E-state index contributed by atoms with van der Waals surface area (Å²) < 4.78 is 0. The lowest BCUT2D eigenvalue weighted by molar-refractivity contribution is -0.122. The minimum atomic E-state index is -0.0201. The third-order valence-corrected chi connectivity index (χ3v) is 5.01. The number of rotatable bonds is 4. The molecule has 0 aliphatic carbocycles. The zero-order valence-electron chi connectivity index (χ0n) is 14.2. The molecule has 2 N–H and O–H groups in total. The van der Waals surface area contributed by atoms with Crippen LogP contribution in [0, 0.1) is 24.2 Å². The Bertz CT molecular complexity index is 633. The lowest BCUT2D eigenvalue weighted by atomic mass is 9.97. The second-order valence-electron chi connectivity index (χ2n) is 6.79. The molecule has 0 saturated carbocycles. The highest BCUT2D eigenvalue weighted by molar-refractivity contribution is 5.82. The first-order valence-electron chi connectivity index (χ1n) is 8.81. The van der Waals surface area contributed by atoms with Crippen LogP contribution in [0.15, 0.2) is 12.3 Å². The Balaban J connectivity index is 1.59. The first-order chi connectivity index (χ1) is 11.7. The fraction of sp³-hybridized carbons (Fsp3) is 0.611. The molecule has 2 aliphatic rings. The summed E-state index contributed by atoms with van der Waals surface area (Å²) in [7, 11) is 0. The van der Waals surface area contributed by atoms with Crippen LogP contribution >= 0.6 is 0 Å². The van der Waals surface area contributed by atoms with Crippen molar-refractivity contribution in [1.82, 2.24) is 15.6 Å². The number of piperidine rings is 1. The van der Waals surface area contributed by atoms with Crippen molar-refractivity contribution in [2.75, 3.05) is 31.1 Å². The molecule has 2 saturated heterocycles. The molecule has 6 nitrogen and oxygen atoms in total. The Morgan fingerprint density at radius 3 is 3.12 bits per heavy atom. The quantitative estimate of drug-likeness (QED) is 0.872. The van der Waals surface area contributed by atoms with Crippen LogP contribution in [0.4, 0.5) is 5.82 Å². The minimum Gasteiger partial charge on any atom is -0.355 e. The molecule has 0 aromatic carbocycles. The van der Waals surface area contributed by atoms with Crippen molar-refractivity contribution < 1.29 is 4.79 Å². The van der Waals surface area contributed by atoms with Crippen LogP contribution in [-0.2, 0) is 4.79 Å². The van der Waals surface area contributed by atoms with E-state index in [0.29, 0.717) is 18.0 Å². The molecule has 128 valence electrons. The van der Waals surface area contributed by atoms with Gasteiger partial charge in [0.25, 0.3) is 0 Å². The van der Waals surface area contributed by atoms with Gasteiger partial charge in [0, 0.05) is 25.8 Å². The maximum Gasteiger partial charge on any atom is 0.237 e. The van der Waals surface area contributed by atoms with Gasteiger partial charge in [-0.15, -0.1) is 0 Å². The molecule has 1 aromatic rings. The molecular weight excluding hydrogens is 302 g/mol. The van der Waals surface area contributed by atoms with Gasteiger partial charge in [-0.3, -0.25) is 4.79 Å². The van der Waals surface area contributed by atoms with Crippen molar-refractivity contribution in [2.45, 2.75) is 38.6 Å². The van der Waals surface area contributed by atoms with E-state index in [1.54, 1.807) is 6.20 Å². The van der Waals surface area contributed by atoms with E-state index in [9.17, 15) is 10.1 Å². The average molecular weight is 327 g/mol. The number of carbonyl (C=O) groups excluding carboxylic acids is 1. The molecule has 2 aliphatic heterocycles. The lowest BCUT2D eigenvalue weighted by Crippen LogP contribution is -2.45. The SMILES string of the molecule is Cc1ccnc(N2CCCC(CNC(=O)C3CCCN3)C2)c1C#N. The van der Waals surface area contributed by atoms with E-state index in [4.69, 9.17) is 0 Å². The molecule has 24 heavy (non-hydrogen) atoms. The highest BCUT2D eigenvalue weighted by Gasteiger charge is 2.26. The van der Waals surface area contributed by atoms with Gasteiger partial charge >= 0.3 is 0 Å². The predicted molar refractivity (Wildman–Crippen MR) is 92.7 cm³/mol. The number of aromatic nitrogens is 1. The Labute approximate surface area is 143 Å². The maximum absolute atomic E-state index is 12.1. The number of hydrogen-bond donors (Lipinski definition) is 2. The third-order valence-electron chi connectivity index (χ3n) is 5.01. The van der Waals surface area contributed by atoms with Crippen LogP contribution < -0.4 is 15.5 Å². The summed E-state index contributed by atoms with van der Waals surface area (Å²) in [6.07, 6.45) is 5.93. The first kappa shape index (κ1) is 16.7. The van der Waals surface area contributed by atoms with Crippen molar-refractivity contribution in [3.8, 4) is 6.07 Å². The normalized spacial score (nSPS) is 23.8. The number of nitrogens with one attached hydrogen (secondary N) is 2. The molecule has 2 fully saturated rings. The minimum absolute atomic E-state index is 0.0201. The molecule has 1 amide bonds. The van der Waals surface area contributed by atoms with Crippen LogP contribution in [0.1, 0.15) is 36.8 Å². The van der Waals surface area contributed by atoms with Gasteiger partial charge in [-0.1, -0.05) is 0 Å². The predicted octanol–water partition coefficient (Wildman–Crippen LogP) is 1.35. The molecule has 6 heteroatoms. The average Bonchev–Trinajstić information content (AvgIpc) is 3.14. The second kappa shape index (κ2) is 7.63. The second-order valence-corrected chi connectivity index (χ2v) is 6.79. The van der Waals surface area contributed by atoms with Crippen LogP contribution in [0.2, 0.25) is 0 Å². The number of amides is 1. The fourth-order valence-electron chi connectivity index (χ4n) is 3.62. The summed E-state index contributed by atoms with van der Waals surface area (Å²) in [4.78, 5) is 18.8. The molecule has 1 aromatic heterocycles. The largest absolute Gasteiger partial charge is 0.355 e.